The molecule has 1 aromatic carbocycles. The third-order valence-corrected chi connectivity index (χ3v) is 3.49. The largest absolute Gasteiger partial charge is 0.462 e. The number of hydrogen-bond donors (Lipinski definition) is 1. The van der Waals surface area contributed by atoms with Gasteiger partial charge in [-0.3, -0.25) is 4.79 Å². The number of quaternary nitrogens is 1. The Balaban J connectivity index is 3.08. The monoisotopic (exact) mass is 311 g/mol. The highest BCUT2D eigenvalue weighted by Crippen LogP contribution is 2.23. The van der Waals surface area contributed by atoms with E-state index >= 15 is 0 Å². The van der Waals surface area contributed by atoms with Crippen LogP contribution in [0.1, 0.15) is 29.8 Å². The van der Waals surface area contributed by atoms with Gasteiger partial charge in [0.1, 0.15) is 5.82 Å². The standard InChI is InChI=1S/C16H23FN2O3/c1-6-19(4,5)10-14(20)18-15-11(3)8-12(17)9-13(15)16(21)22-7-2/h8-9H,6-7,10H2,1-5H3/p+1. The van der Waals surface area contributed by atoms with Crippen LogP contribution in [0.15, 0.2) is 12.1 Å². The highest BCUT2D eigenvalue weighted by atomic mass is 19.1. The minimum absolute atomic E-state index is 0.0366. The number of amides is 1. The summed E-state index contributed by atoms with van der Waals surface area (Å²) in [4.78, 5) is 24.1. The number of carbonyl (C=O) groups is 2. The number of halogens is 1. The summed E-state index contributed by atoms with van der Waals surface area (Å²) in [5.41, 5.74) is 0.827. The smallest absolute Gasteiger partial charge is 0.340 e. The molecule has 1 aromatic rings. The molecule has 0 radical (unpaired) electrons. The zero-order valence-electron chi connectivity index (χ0n) is 13.8. The molecule has 1 N–H and O–H groups in total. The summed E-state index contributed by atoms with van der Waals surface area (Å²) in [6.07, 6.45) is 0. The summed E-state index contributed by atoms with van der Waals surface area (Å²) in [5, 5.41) is 2.71. The maximum atomic E-state index is 13.5. The van der Waals surface area contributed by atoms with E-state index in [1.54, 1.807) is 13.8 Å². The molecule has 0 aromatic heterocycles. The number of nitrogens with zero attached hydrogens (tertiary/aromatic N) is 1. The Labute approximate surface area is 130 Å². The fourth-order valence-electron chi connectivity index (χ4n) is 1.96. The molecule has 1 rings (SSSR count). The average molecular weight is 311 g/mol. The summed E-state index contributed by atoms with van der Waals surface area (Å²) in [7, 11) is 3.87. The number of rotatable bonds is 6. The van der Waals surface area contributed by atoms with Crippen LogP contribution in [0.25, 0.3) is 0 Å². The zero-order chi connectivity index (χ0) is 16.9. The zero-order valence-corrected chi connectivity index (χ0v) is 13.8. The van der Waals surface area contributed by atoms with Crippen LogP contribution >= 0.6 is 0 Å². The van der Waals surface area contributed by atoms with Gasteiger partial charge in [0.15, 0.2) is 6.54 Å². The molecular weight excluding hydrogens is 287 g/mol. The molecule has 1 amide bonds. The second-order valence-electron chi connectivity index (χ2n) is 5.82. The van der Waals surface area contributed by atoms with Gasteiger partial charge in [0.25, 0.3) is 5.91 Å². The van der Waals surface area contributed by atoms with Crippen molar-refractivity contribution in [3.8, 4) is 0 Å². The van der Waals surface area contributed by atoms with Gasteiger partial charge >= 0.3 is 5.97 Å². The molecule has 0 saturated carbocycles. The lowest BCUT2D eigenvalue weighted by Crippen LogP contribution is -2.45. The molecule has 122 valence electrons. The number of benzene rings is 1. The predicted molar refractivity (Wildman–Crippen MR) is 83.2 cm³/mol. The van der Waals surface area contributed by atoms with Crippen LogP contribution in [0.2, 0.25) is 0 Å². The summed E-state index contributed by atoms with van der Waals surface area (Å²) >= 11 is 0. The maximum Gasteiger partial charge on any atom is 0.340 e. The lowest BCUT2D eigenvalue weighted by molar-refractivity contribution is -0.880. The van der Waals surface area contributed by atoms with Crippen LogP contribution in [0.5, 0.6) is 0 Å². The first-order valence-corrected chi connectivity index (χ1v) is 7.29. The summed E-state index contributed by atoms with van der Waals surface area (Å²) in [5.74, 6) is -1.42. The molecule has 0 bridgehead atoms. The Morgan fingerprint density at radius 2 is 1.91 bits per heavy atom. The lowest BCUT2D eigenvalue weighted by Gasteiger charge is -2.27. The Hall–Kier alpha value is -1.95. The number of aryl methyl sites for hydroxylation is 1. The fourth-order valence-corrected chi connectivity index (χ4v) is 1.96. The Kier molecular flexibility index (Phi) is 6.05. The quantitative estimate of drug-likeness (QED) is 0.648. The molecule has 0 spiro atoms. The number of hydrogen-bond acceptors (Lipinski definition) is 3. The van der Waals surface area contributed by atoms with Gasteiger partial charge in [0, 0.05) is 0 Å². The van der Waals surface area contributed by atoms with Crippen molar-refractivity contribution in [3.05, 3.63) is 29.1 Å². The summed E-state index contributed by atoms with van der Waals surface area (Å²) < 4.78 is 19.0. The van der Waals surface area contributed by atoms with Gasteiger partial charge in [-0.25, -0.2) is 9.18 Å². The van der Waals surface area contributed by atoms with Gasteiger partial charge in [0.2, 0.25) is 0 Å². The summed E-state index contributed by atoms with van der Waals surface area (Å²) in [6.45, 7) is 6.53. The van der Waals surface area contributed by atoms with Crippen molar-refractivity contribution in [1.29, 1.82) is 0 Å². The van der Waals surface area contributed by atoms with E-state index in [-0.39, 0.29) is 24.6 Å². The van der Waals surface area contributed by atoms with Crippen LogP contribution in [0, 0.1) is 12.7 Å². The van der Waals surface area contributed by atoms with E-state index in [4.69, 9.17) is 4.74 Å². The first kappa shape index (κ1) is 18.1. The van der Waals surface area contributed by atoms with E-state index < -0.39 is 11.8 Å². The minimum Gasteiger partial charge on any atom is -0.462 e. The van der Waals surface area contributed by atoms with Crippen molar-refractivity contribution in [2.24, 2.45) is 0 Å². The van der Waals surface area contributed by atoms with Crippen LogP contribution in [-0.4, -0.2) is 50.2 Å². The Morgan fingerprint density at radius 1 is 1.27 bits per heavy atom. The molecule has 22 heavy (non-hydrogen) atoms. The molecule has 0 aliphatic carbocycles. The number of nitrogens with one attached hydrogen (secondary N) is 1. The van der Waals surface area contributed by atoms with Crippen molar-refractivity contribution < 1.29 is 23.2 Å². The SMILES string of the molecule is CCOC(=O)c1cc(F)cc(C)c1NC(=O)C[N+](C)(C)CC. The molecule has 5 nitrogen and oxygen atoms in total. The second kappa shape index (κ2) is 7.35. The van der Waals surface area contributed by atoms with Crippen molar-refractivity contribution >= 4 is 17.6 Å². The number of ether oxygens (including phenoxy) is 1. The van der Waals surface area contributed by atoms with Crippen molar-refractivity contribution in [2.45, 2.75) is 20.8 Å². The first-order valence-electron chi connectivity index (χ1n) is 7.29. The third kappa shape index (κ3) is 4.80. The van der Waals surface area contributed by atoms with Gasteiger partial charge in [0.05, 0.1) is 38.5 Å². The minimum atomic E-state index is -0.648. The third-order valence-electron chi connectivity index (χ3n) is 3.49. The normalized spacial score (nSPS) is 11.2. The van der Waals surface area contributed by atoms with Crippen LogP contribution in [0.3, 0.4) is 0 Å². The molecule has 0 fully saturated rings. The van der Waals surface area contributed by atoms with Crippen LogP contribution in [0.4, 0.5) is 10.1 Å². The number of esters is 1. The predicted octanol–water partition coefficient (Wildman–Crippen LogP) is 2.35. The molecular formula is C16H24FN2O3+. The van der Waals surface area contributed by atoms with Gasteiger partial charge in [-0.05, 0) is 38.5 Å². The molecule has 0 aliphatic rings. The number of anilines is 1. The lowest BCUT2D eigenvalue weighted by atomic mass is 10.1. The fraction of sp³-hybridized carbons (Fsp3) is 0.500. The van der Waals surface area contributed by atoms with E-state index in [0.717, 1.165) is 12.6 Å². The van der Waals surface area contributed by atoms with Gasteiger partial charge in [-0.2, -0.15) is 0 Å². The average Bonchev–Trinajstić information content (AvgIpc) is 2.41. The van der Waals surface area contributed by atoms with Crippen LogP contribution < -0.4 is 5.32 Å². The highest BCUT2D eigenvalue weighted by Gasteiger charge is 2.22. The molecule has 0 heterocycles. The van der Waals surface area contributed by atoms with E-state index in [0.29, 0.717) is 15.7 Å². The molecule has 0 saturated heterocycles. The highest BCUT2D eigenvalue weighted by molar-refractivity contribution is 6.02. The van der Waals surface area contributed by atoms with Gasteiger partial charge in [-0.1, -0.05) is 0 Å². The molecule has 0 unspecified atom stereocenters. The second-order valence-corrected chi connectivity index (χ2v) is 5.82. The van der Waals surface area contributed by atoms with Crippen molar-refractivity contribution in [1.82, 2.24) is 0 Å². The van der Waals surface area contributed by atoms with E-state index in [1.165, 1.54) is 6.07 Å². The number of carbonyl (C=O) groups excluding carboxylic acids is 2. The van der Waals surface area contributed by atoms with Crippen molar-refractivity contribution in [3.63, 3.8) is 0 Å². The molecule has 0 aliphatic heterocycles. The van der Waals surface area contributed by atoms with E-state index in [1.807, 2.05) is 21.0 Å². The maximum absolute atomic E-state index is 13.5. The number of likely N-dealkylation sites (N-methyl/N-ethyl adjacent to an activating group) is 1. The van der Waals surface area contributed by atoms with Crippen LogP contribution in [-0.2, 0) is 9.53 Å². The summed E-state index contributed by atoms with van der Waals surface area (Å²) in [6, 6.07) is 2.36. The molecule has 0 atom stereocenters. The topological polar surface area (TPSA) is 55.4 Å². The van der Waals surface area contributed by atoms with Crippen molar-refractivity contribution in [2.75, 3.05) is 39.1 Å². The van der Waals surface area contributed by atoms with E-state index in [9.17, 15) is 14.0 Å². The molecule has 6 heteroatoms. The Morgan fingerprint density at radius 3 is 2.45 bits per heavy atom. The Bertz CT molecular complexity index is 571. The van der Waals surface area contributed by atoms with Gasteiger partial charge in [-0.15, -0.1) is 0 Å². The first-order chi connectivity index (χ1) is 10.2. The van der Waals surface area contributed by atoms with Gasteiger partial charge < -0.3 is 14.5 Å². The van der Waals surface area contributed by atoms with E-state index in [2.05, 4.69) is 5.32 Å².